The van der Waals surface area contributed by atoms with Gasteiger partial charge in [0.2, 0.25) is 0 Å². The van der Waals surface area contributed by atoms with Crippen LogP contribution in [0.4, 0.5) is 0 Å². The summed E-state index contributed by atoms with van der Waals surface area (Å²) in [5, 5.41) is 5.07. The average Bonchev–Trinajstić information content (AvgIpc) is 3.24. The number of unbranched alkanes of at least 4 members (excludes halogenated alkanes) is 3. The van der Waals surface area contributed by atoms with Gasteiger partial charge in [0.15, 0.2) is 0 Å². The number of fused-ring (bicyclic) bond motifs is 1. The lowest BCUT2D eigenvalue weighted by Crippen LogP contribution is -2.14. The minimum absolute atomic E-state index is 0.779. The van der Waals surface area contributed by atoms with Gasteiger partial charge in [-0.05, 0) is 30.9 Å². The average molecular weight is 270 g/mol. The summed E-state index contributed by atoms with van der Waals surface area (Å²) in [5.74, 6) is 0. The van der Waals surface area contributed by atoms with Crippen molar-refractivity contribution in [2.24, 2.45) is 0 Å². The van der Waals surface area contributed by atoms with Crippen LogP contribution in [0.25, 0.3) is 10.9 Å². The number of hydrogen-bond acceptors (Lipinski definition) is 1. The first-order chi connectivity index (χ1) is 9.88. The van der Waals surface area contributed by atoms with Gasteiger partial charge < -0.3 is 9.88 Å². The fourth-order valence-corrected chi connectivity index (χ4v) is 2.90. The summed E-state index contributed by atoms with van der Waals surface area (Å²) in [6, 6.07) is 9.62. The zero-order valence-corrected chi connectivity index (χ0v) is 12.6. The van der Waals surface area contributed by atoms with Crippen molar-refractivity contribution in [3.05, 3.63) is 36.0 Å². The molecule has 1 aliphatic rings. The summed E-state index contributed by atoms with van der Waals surface area (Å²) in [4.78, 5) is 0. The highest BCUT2D eigenvalue weighted by Gasteiger charge is 2.20. The van der Waals surface area contributed by atoms with Crippen molar-refractivity contribution in [3.8, 4) is 0 Å². The molecular weight excluding hydrogens is 244 g/mol. The third kappa shape index (κ3) is 3.24. The SMILES string of the molecule is CCCCCCn1cc(CNC2CC2)c2ccccc21. The number of hydrogen-bond donors (Lipinski definition) is 1. The molecule has 0 radical (unpaired) electrons. The van der Waals surface area contributed by atoms with Crippen molar-refractivity contribution < 1.29 is 0 Å². The molecule has 1 aliphatic carbocycles. The summed E-state index contributed by atoms with van der Waals surface area (Å²) < 4.78 is 2.45. The van der Waals surface area contributed by atoms with E-state index in [4.69, 9.17) is 0 Å². The fraction of sp³-hybridized carbons (Fsp3) is 0.556. The zero-order chi connectivity index (χ0) is 13.8. The van der Waals surface area contributed by atoms with Crippen molar-refractivity contribution in [1.29, 1.82) is 0 Å². The minimum atomic E-state index is 0.779. The normalized spacial score (nSPS) is 15.1. The second-order valence-electron chi connectivity index (χ2n) is 6.08. The molecular formula is C18H26N2. The highest BCUT2D eigenvalue weighted by atomic mass is 15.0. The van der Waals surface area contributed by atoms with Crippen LogP contribution in [0.5, 0.6) is 0 Å². The quantitative estimate of drug-likeness (QED) is 0.700. The molecule has 20 heavy (non-hydrogen) atoms. The van der Waals surface area contributed by atoms with Crippen LogP contribution in [-0.2, 0) is 13.1 Å². The van der Waals surface area contributed by atoms with E-state index in [9.17, 15) is 0 Å². The molecule has 1 fully saturated rings. The Hall–Kier alpha value is -1.28. The number of aryl methyl sites for hydroxylation is 1. The summed E-state index contributed by atoms with van der Waals surface area (Å²) >= 11 is 0. The Morgan fingerprint density at radius 2 is 2.00 bits per heavy atom. The van der Waals surface area contributed by atoms with E-state index in [-0.39, 0.29) is 0 Å². The molecule has 2 heteroatoms. The largest absolute Gasteiger partial charge is 0.347 e. The highest BCUT2D eigenvalue weighted by molar-refractivity contribution is 5.83. The fourth-order valence-electron chi connectivity index (χ4n) is 2.90. The molecule has 0 saturated heterocycles. The van der Waals surface area contributed by atoms with Gasteiger partial charge in [-0.25, -0.2) is 0 Å². The zero-order valence-electron chi connectivity index (χ0n) is 12.6. The van der Waals surface area contributed by atoms with E-state index in [1.54, 1.807) is 0 Å². The molecule has 108 valence electrons. The monoisotopic (exact) mass is 270 g/mol. The van der Waals surface area contributed by atoms with Gasteiger partial charge in [0, 0.05) is 36.2 Å². The Bertz CT molecular complexity index is 552. The Morgan fingerprint density at radius 3 is 2.80 bits per heavy atom. The van der Waals surface area contributed by atoms with E-state index in [1.807, 2.05) is 0 Å². The van der Waals surface area contributed by atoms with E-state index < -0.39 is 0 Å². The van der Waals surface area contributed by atoms with E-state index in [2.05, 4.69) is 47.3 Å². The smallest absolute Gasteiger partial charge is 0.0483 e. The van der Waals surface area contributed by atoms with Crippen molar-refractivity contribution in [2.45, 2.75) is 64.6 Å². The number of para-hydroxylation sites is 1. The first-order valence-corrected chi connectivity index (χ1v) is 8.18. The lowest BCUT2D eigenvalue weighted by molar-refractivity contribution is 0.591. The number of benzene rings is 1. The van der Waals surface area contributed by atoms with Gasteiger partial charge in [0.25, 0.3) is 0 Å². The molecule has 0 aliphatic heterocycles. The van der Waals surface area contributed by atoms with E-state index in [0.29, 0.717) is 0 Å². The van der Waals surface area contributed by atoms with Crippen LogP contribution in [-0.4, -0.2) is 10.6 Å². The molecule has 0 unspecified atom stereocenters. The third-order valence-electron chi connectivity index (χ3n) is 4.28. The lowest BCUT2D eigenvalue weighted by atomic mass is 10.2. The summed E-state index contributed by atoms with van der Waals surface area (Å²) in [7, 11) is 0. The topological polar surface area (TPSA) is 17.0 Å². The molecule has 1 N–H and O–H groups in total. The molecule has 1 saturated carbocycles. The molecule has 1 heterocycles. The van der Waals surface area contributed by atoms with Crippen LogP contribution in [0, 0.1) is 0 Å². The van der Waals surface area contributed by atoms with Crippen LogP contribution < -0.4 is 5.32 Å². The van der Waals surface area contributed by atoms with E-state index >= 15 is 0 Å². The molecule has 1 aromatic carbocycles. The maximum atomic E-state index is 3.64. The van der Waals surface area contributed by atoms with Crippen molar-refractivity contribution in [1.82, 2.24) is 9.88 Å². The van der Waals surface area contributed by atoms with Gasteiger partial charge in [-0.3, -0.25) is 0 Å². The van der Waals surface area contributed by atoms with Gasteiger partial charge in [-0.15, -0.1) is 0 Å². The third-order valence-corrected chi connectivity index (χ3v) is 4.28. The maximum absolute atomic E-state index is 3.64. The van der Waals surface area contributed by atoms with E-state index in [1.165, 1.54) is 55.0 Å². The van der Waals surface area contributed by atoms with Crippen molar-refractivity contribution in [2.75, 3.05) is 0 Å². The maximum Gasteiger partial charge on any atom is 0.0483 e. The van der Waals surface area contributed by atoms with Crippen LogP contribution >= 0.6 is 0 Å². The Morgan fingerprint density at radius 1 is 1.15 bits per heavy atom. The summed E-state index contributed by atoms with van der Waals surface area (Å²) in [5.41, 5.74) is 2.86. The van der Waals surface area contributed by atoms with Gasteiger partial charge in [-0.1, -0.05) is 44.4 Å². The lowest BCUT2D eigenvalue weighted by Gasteiger charge is -2.04. The molecule has 0 atom stereocenters. The van der Waals surface area contributed by atoms with Gasteiger partial charge in [-0.2, -0.15) is 0 Å². The molecule has 1 aromatic heterocycles. The Balaban J connectivity index is 1.72. The first-order valence-electron chi connectivity index (χ1n) is 8.18. The molecule has 2 nitrogen and oxygen atoms in total. The molecule has 2 aromatic rings. The van der Waals surface area contributed by atoms with Crippen LogP contribution in [0.15, 0.2) is 30.5 Å². The number of aromatic nitrogens is 1. The summed E-state index contributed by atoms with van der Waals surface area (Å²) in [6.45, 7) is 4.45. The van der Waals surface area contributed by atoms with Gasteiger partial charge >= 0.3 is 0 Å². The number of nitrogens with one attached hydrogen (secondary N) is 1. The Labute approximate surface area is 122 Å². The Kier molecular flexibility index (Phi) is 4.41. The second kappa shape index (κ2) is 6.45. The molecule has 0 amide bonds. The van der Waals surface area contributed by atoms with E-state index in [0.717, 1.165) is 19.1 Å². The van der Waals surface area contributed by atoms with Crippen molar-refractivity contribution in [3.63, 3.8) is 0 Å². The molecule has 3 rings (SSSR count). The first kappa shape index (κ1) is 13.7. The second-order valence-corrected chi connectivity index (χ2v) is 6.08. The van der Waals surface area contributed by atoms with Gasteiger partial charge in [0.05, 0.1) is 0 Å². The highest BCUT2D eigenvalue weighted by Crippen LogP contribution is 2.24. The van der Waals surface area contributed by atoms with Crippen LogP contribution in [0.3, 0.4) is 0 Å². The predicted molar refractivity (Wildman–Crippen MR) is 85.9 cm³/mol. The summed E-state index contributed by atoms with van der Waals surface area (Å²) in [6.07, 6.45) is 10.4. The minimum Gasteiger partial charge on any atom is -0.347 e. The van der Waals surface area contributed by atoms with Crippen molar-refractivity contribution >= 4 is 10.9 Å². The molecule has 0 bridgehead atoms. The standard InChI is InChI=1S/C18H26N2/c1-2-3-4-7-12-20-14-15(13-19-16-10-11-16)17-8-5-6-9-18(17)20/h5-6,8-9,14,16,19H,2-4,7,10-13H2,1H3. The van der Waals surface area contributed by atoms with Crippen LogP contribution in [0.1, 0.15) is 51.0 Å². The van der Waals surface area contributed by atoms with Crippen LogP contribution in [0.2, 0.25) is 0 Å². The molecule has 0 spiro atoms. The van der Waals surface area contributed by atoms with Gasteiger partial charge in [0.1, 0.15) is 0 Å². The predicted octanol–water partition coefficient (Wildman–Crippen LogP) is 4.47. The number of nitrogens with zero attached hydrogens (tertiary/aromatic N) is 1. The number of rotatable bonds is 8.